The average molecular weight is 335 g/mol. The minimum atomic E-state index is -1.10. The van der Waals surface area contributed by atoms with Gasteiger partial charge in [-0.25, -0.2) is 4.79 Å². The Bertz CT molecular complexity index is 675. The zero-order chi connectivity index (χ0) is 15.7. The Hall–Kier alpha value is -1.77. The van der Waals surface area contributed by atoms with Crippen molar-refractivity contribution in [2.45, 2.75) is 16.3 Å². The Morgan fingerprint density at radius 3 is 2.91 bits per heavy atom. The number of allylic oxidation sites excluding steroid dienone is 1. The highest BCUT2D eigenvalue weighted by Crippen LogP contribution is 2.40. The number of pyridine rings is 1. The van der Waals surface area contributed by atoms with E-state index >= 15 is 0 Å². The van der Waals surface area contributed by atoms with Gasteiger partial charge < -0.3 is 10.8 Å². The number of aliphatic carboxylic acids is 1. The van der Waals surface area contributed by atoms with Crippen LogP contribution in [0.25, 0.3) is 0 Å². The molecule has 3 rings (SSSR count). The lowest BCUT2D eigenvalue weighted by Gasteiger charge is -2.47. The van der Waals surface area contributed by atoms with E-state index in [9.17, 15) is 14.7 Å². The van der Waals surface area contributed by atoms with E-state index in [1.807, 2.05) is 17.5 Å². The topological polar surface area (TPSA) is 96.5 Å². The summed E-state index contributed by atoms with van der Waals surface area (Å²) in [5.74, 6) is -0.904. The fraction of sp³-hybridized carbons (Fsp3) is 0.214. The van der Waals surface area contributed by atoms with Crippen molar-refractivity contribution >= 4 is 35.4 Å². The molecule has 2 aliphatic heterocycles. The molecule has 2 aliphatic rings. The molecular formula is C14H13N3O3S2. The van der Waals surface area contributed by atoms with Gasteiger partial charge in [-0.2, -0.15) is 0 Å². The first kappa shape index (κ1) is 15.1. The lowest BCUT2D eigenvalue weighted by atomic mass is 10.0. The Kier molecular flexibility index (Phi) is 4.23. The molecule has 1 aromatic heterocycles. The van der Waals surface area contributed by atoms with Crippen molar-refractivity contribution in [1.29, 1.82) is 0 Å². The second kappa shape index (κ2) is 6.15. The van der Waals surface area contributed by atoms with Gasteiger partial charge in [-0.3, -0.25) is 14.7 Å². The molecule has 22 heavy (non-hydrogen) atoms. The van der Waals surface area contributed by atoms with Crippen LogP contribution in [0.2, 0.25) is 0 Å². The number of nitrogens with two attached hydrogens (primary N) is 1. The van der Waals surface area contributed by atoms with Gasteiger partial charge in [0.05, 0.1) is 0 Å². The van der Waals surface area contributed by atoms with Crippen LogP contribution >= 0.6 is 23.5 Å². The normalized spacial score (nSPS) is 24.4. The molecule has 1 unspecified atom stereocenters. The van der Waals surface area contributed by atoms with Crippen LogP contribution in [-0.2, 0) is 9.59 Å². The third-order valence-corrected chi connectivity index (χ3v) is 5.50. The molecule has 1 saturated heterocycles. The molecule has 3 N–H and O–H groups in total. The van der Waals surface area contributed by atoms with E-state index in [1.165, 1.54) is 28.4 Å². The van der Waals surface area contributed by atoms with Gasteiger partial charge in [-0.1, -0.05) is 11.8 Å². The van der Waals surface area contributed by atoms with E-state index < -0.39 is 12.0 Å². The monoisotopic (exact) mass is 335 g/mol. The van der Waals surface area contributed by atoms with Gasteiger partial charge in [0.2, 0.25) is 5.91 Å². The van der Waals surface area contributed by atoms with Crippen molar-refractivity contribution in [3.8, 4) is 0 Å². The van der Waals surface area contributed by atoms with Crippen LogP contribution in [0.15, 0.2) is 52.2 Å². The van der Waals surface area contributed by atoms with Crippen molar-refractivity contribution < 1.29 is 14.7 Å². The Labute approximate surface area is 135 Å². The molecule has 0 spiro atoms. The standard InChI is InChI=1S/C14H13N3O3S2/c15-10-12(18)17-11(14(19)20)8(7-22-13(10)17)3-6-21-9-1-4-16-5-2-9/h1-6,10,13H,7,15H2,(H,19,20)/t10?,13-/m0/s1. The van der Waals surface area contributed by atoms with Crippen molar-refractivity contribution in [1.82, 2.24) is 9.88 Å². The van der Waals surface area contributed by atoms with Crippen LogP contribution in [0.5, 0.6) is 0 Å². The fourth-order valence-electron chi connectivity index (χ4n) is 2.28. The Morgan fingerprint density at radius 1 is 1.50 bits per heavy atom. The first-order valence-corrected chi connectivity index (χ1v) is 8.42. The Balaban J connectivity index is 1.81. The van der Waals surface area contributed by atoms with Crippen LogP contribution in [-0.4, -0.2) is 44.0 Å². The molecule has 0 radical (unpaired) electrons. The average Bonchev–Trinajstić information content (AvgIpc) is 2.54. The van der Waals surface area contributed by atoms with Crippen LogP contribution in [0.3, 0.4) is 0 Å². The van der Waals surface area contributed by atoms with E-state index in [2.05, 4.69) is 4.98 Å². The maximum atomic E-state index is 11.8. The highest BCUT2D eigenvalue weighted by Gasteiger charge is 2.51. The number of carboxylic acids is 1. The zero-order valence-electron chi connectivity index (χ0n) is 11.4. The number of fused-ring (bicyclic) bond motifs is 1. The summed E-state index contributed by atoms with van der Waals surface area (Å²) in [6, 6.07) is 3.13. The van der Waals surface area contributed by atoms with E-state index in [4.69, 9.17) is 5.73 Å². The van der Waals surface area contributed by atoms with E-state index in [0.717, 1.165) is 4.90 Å². The lowest BCUT2D eigenvalue weighted by molar-refractivity contribution is -0.147. The predicted octanol–water partition coefficient (Wildman–Crippen LogP) is 1.27. The molecule has 6 nitrogen and oxygen atoms in total. The molecule has 2 atom stereocenters. The predicted molar refractivity (Wildman–Crippen MR) is 85.0 cm³/mol. The van der Waals surface area contributed by atoms with E-state index in [-0.39, 0.29) is 17.0 Å². The number of thioether (sulfide) groups is 2. The molecule has 3 heterocycles. The number of carboxylic acid groups (broad SMARTS) is 1. The van der Waals surface area contributed by atoms with Crippen LogP contribution in [0.4, 0.5) is 0 Å². The summed E-state index contributed by atoms with van der Waals surface area (Å²) in [5.41, 5.74) is 6.37. The smallest absolute Gasteiger partial charge is 0.352 e. The minimum Gasteiger partial charge on any atom is -0.477 e. The van der Waals surface area contributed by atoms with Gasteiger partial charge in [0, 0.05) is 23.0 Å². The highest BCUT2D eigenvalue weighted by molar-refractivity contribution is 8.02. The minimum absolute atomic E-state index is 0.0435. The first-order valence-electron chi connectivity index (χ1n) is 6.49. The summed E-state index contributed by atoms with van der Waals surface area (Å²) < 4.78 is 0. The molecule has 1 amide bonds. The lowest BCUT2D eigenvalue weighted by Crippen LogP contribution is -2.68. The third kappa shape index (κ3) is 2.65. The third-order valence-electron chi connectivity index (χ3n) is 3.36. The maximum absolute atomic E-state index is 11.8. The number of rotatable bonds is 4. The second-order valence-corrected chi connectivity index (χ2v) is 6.80. The maximum Gasteiger partial charge on any atom is 0.352 e. The summed E-state index contributed by atoms with van der Waals surface area (Å²) in [4.78, 5) is 29.5. The van der Waals surface area contributed by atoms with Gasteiger partial charge in [0.25, 0.3) is 0 Å². The summed E-state index contributed by atoms with van der Waals surface area (Å²) >= 11 is 2.95. The van der Waals surface area contributed by atoms with Crippen molar-refractivity contribution in [3.05, 3.63) is 47.3 Å². The SMILES string of the molecule is NC1C(=O)N2C(C(=O)O)=C(C=CSc3ccncc3)CS[C@@H]12. The van der Waals surface area contributed by atoms with E-state index in [1.54, 1.807) is 18.5 Å². The van der Waals surface area contributed by atoms with Crippen molar-refractivity contribution in [2.75, 3.05) is 5.75 Å². The number of β-lactam (4-membered cyclic amide) rings is 1. The van der Waals surface area contributed by atoms with Gasteiger partial charge in [-0.15, -0.1) is 11.8 Å². The first-order chi connectivity index (χ1) is 10.6. The molecule has 1 fully saturated rings. The number of aromatic nitrogens is 1. The molecule has 0 bridgehead atoms. The number of carbonyl (C=O) groups excluding carboxylic acids is 1. The van der Waals surface area contributed by atoms with Crippen LogP contribution < -0.4 is 5.73 Å². The number of hydrogen-bond acceptors (Lipinski definition) is 6. The van der Waals surface area contributed by atoms with Crippen molar-refractivity contribution in [2.24, 2.45) is 5.73 Å². The summed E-state index contributed by atoms with van der Waals surface area (Å²) in [5, 5.41) is 11.0. The quantitative estimate of drug-likeness (QED) is 0.632. The van der Waals surface area contributed by atoms with Crippen LogP contribution in [0.1, 0.15) is 0 Å². The number of nitrogens with zero attached hydrogens (tertiary/aromatic N) is 2. The zero-order valence-corrected chi connectivity index (χ0v) is 13.0. The molecule has 1 aromatic rings. The number of amides is 1. The van der Waals surface area contributed by atoms with E-state index in [0.29, 0.717) is 11.3 Å². The van der Waals surface area contributed by atoms with Crippen molar-refractivity contribution in [3.63, 3.8) is 0 Å². The van der Waals surface area contributed by atoms with Gasteiger partial charge in [0.15, 0.2) is 0 Å². The summed E-state index contributed by atoms with van der Waals surface area (Å²) in [6.45, 7) is 0. The van der Waals surface area contributed by atoms with Gasteiger partial charge in [-0.05, 0) is 29.2 Å². The molecule has 114 valence electrons. The molecule has 0 aromatic carbocycles. The van der Waals surface area contributed by atoms with Gasteiger partial charge in [0.1, 0.15) is 17.1 Å². The molecule has 0 saturated carbocycles. The second-order valence-electron chi connectivity index (χ2n) is 4.72. The number of carbonyl (C=O) groups is 2. The molecule has 8 heteroatoms. The molecule has 0 aliphatic carbocycles. The number of hydrogen-bond donors (Lipinski definition) is 2. The molecular weight excluding hydrogens is 322 g/mol. The summed E-state index contributed by atoms with van der Waals surface area (Å²) in [7, 11) is 0. The Morgan fingerprint density at radius 2 is 2.23 bits per heavy atom. The fourth-order valence-corrected chi connectivity index (χ4v) is 4.21. The van der Waals surface area contributed by atoms with Gasteiger partial charge >= 0.3 is 5.97 Å². The largest absolute Gasteiger partial charge is 0.477 e. The highest BCUT2D eigenvalue weighted by atomic mass is 32.2. The van der Waals surface area contributed by atoms with Crippen LogP contribution in [0, 0.1) is 0 Å². The summed E-state index contributed by atoms with van der Waals surface area (Å²) in [6.07, 6.45) is 5.13.